The second kappa shape index (κ2) is 13.9. The molecule has 1 fully saturated rings. The van der Waals surface area contributed by atoms with Crippen molar-refractivity contribution in [2.75, 3.05) is 32.8 Å². The van der Waals surface area contributed by atoms with Crippen molar-refractivity contribution in [1.29, 1.82) is 0 Å². The van der Waals surface area contributed by atoms with Gasteiger partial charge in [-0.3, -0.25) is 24.6 Å². The number of amides is 1. The lowest BCUT2D eigenvalue weighted by atomic mass is 10.1. The van der Waals surface area contributed by atoms with Crippen LogP contribution in [-0.2, 0) is 4.79 Å². The minimum absolute atomic E-state index is 0.0114. The topological polar surface area (TPSA) is 86.3 Å². The van der Waals surface area contributed by atoms with Gasteiger partial charge >= 0.3 is 11.9 Å². The first-order chi connectivity index (χ1) is 18.7. The van der Waals surface area contributed by atoms with Gasteiger partial charge < -0.3 is 4.90 Å². The number of aromatic nitrogens is 3. The van der Waals surface area contributed by atoms with Crippen LogP contribution in [0.3, 0.4) is 0 Å². The lowest BCUT2D eigenvalue weighted by molar-refractivity contribution is -0.155. The van der Waals surface area contributed by atoms with Crippen LogP contribution in [0.2, 0.25) is 0 Å². The smallest absolute Gasteiger partial charge is 0.308 e. The largest absolute Gasteiger partial charge is 0.406 e. The van der Waals surface area contributed by atoms with Gasteiger partial charge in [0.05, 0.1) is 12.1 Å². The van der Waals surface area contributed by atoms with Gasteiger partial charge in [0.1, 0.15) is 6.54 Å². The number of piperidine rings is 1. The zero-order valence-corrected chi connectivity index (χ0v) is 22.1. The van der Waals surface area contributed by atoms with Crippen molar-refractivity contribution in [3.05, 3.63) is 89.7 Å². The fourth-order valence-electron chi connectivity index (χ4n) is 4.48. The molecular weight excluding hydrogens is 509 g/mol. The highest BCUT2D eigenvalue weighted by Crippen LogP contribution is 2.24. The van der Waals surface area contributed by atoms with E-state index in [1.165, 1.54) is 12.2 Å². The molecule has 1 aliphatic heterocycles. The van der Waals surface area contributed by atoms with Crippen LogP contribution in [0, 0.1) is 0 Å². The summed E-state index contributed by atoms with van der Waals surface area (Å²) in [4.78, 5) is 35.0. The van der Waals surface area contributed by atoms with Crippen LogP contribution in [0.4, 0.5) is 13.2 Å². The Morgan fingerprint density at radius 3 is 2.62 bits per heavy atom. The van der Waals surface area contributed by atoms with Gasteiger partial charge in [-0.15, -0.1) is 0 Å². The summed E-state index contributed by atoms with van der Waals surface area (Å²) in [6.07, 6.45) is 8.74. The third-order valence-corrected chi connectivity index (χ3v) is 6.41. The number of fused-ring (bicyclic) bond motifs is 1. The first kappa shape index (κ1) is 29.9. The Balaban J connectivity index is 1.60. The van der Waals surface area contributed by atoms with E-state index in [9.17, 15) is 22.8 Å². The number of pyridine rings is 1. The molecule has 39 heavy (non-hydrogen) atoms. The Morgan fingerprint density at radius 1 is 1.26 bits per heavy atom. The number of nitrogens with zero attached hydrogens (tertiary/aromatic N) is 4. The lowest BCUT2D eigenvalue weighted by Gasteiger charge is -2.32. The van der Waals surface area contributed by atoms with E-state index in [1.54, 1.807) is 29.0 Å². The van der Waals surface area contributed by atoms with Gasteiger partial charge in [0.15, 0.2) is 5.65 Å². The first-order valence-electron chi connectivity index (χ1n) is 12.8. The average molecular weight is 545 g/mol. The number of halogens is 3. The summed E-state index contributed by atoms with van der Waals surface area (Å²) in [5, 5.41) is 2.97. The molecule has 210 valence electrons. The molecule has 2 aromatic heterocycles. The molecule has 0 atom stereocenters. The van der Waals surface area contributed by atoms with Gasteiger partial charge in [0.25, 0.3) is 0 Å². The maximum atomic E-state index is 13.3. The van der Waals surface area contributed by atoms with Gasteiger partial charge in [0, 0.05) is 38.2 Å². The highest BCUT2D eigenvalue weighted by atomic mass is 19.4. The van der Waals surface area contributed by atoms with E-state index in [0.717, 1.165) is 18.1 Å². The van der Waals surface area contributed by atoms with Gasteiger partial charge in [-0.05, 0) is 42.5 Å². The standard InChI is InChI=1S/C28H35F3N6O2/c1-4-7-8-10-21(5-2)22(6-3)18-36(19-28(29,30)31)25(38)17-32-20-35-15-12-23(13-16-35)37-24-11-9-14-33-26(24)34-27(37)39/h5-11,14,18,23,32H,2-4,12-13,15-17,19-20H2,1H3,(H,33,34,39)/b8-7+,21-10+,22-18+. The summed E-state index contributed by atoms with van der Waals surface area (Å²) in [6, 6.07) is 3.65. The fourth-order valence-corrected chi connectivity index (χ4v) is 4.48. The number of hydrogen-bond donors (Lipinski definition) is 2. The number of carbonyl (C=O) groups excluding carboxylic acids is 1. The van der Waals surface area contributed by atoms with E-state index in [4.69, 9.17) is 0 Å². The van der Waals surface area contributed by atoms with Crippen LogP contribution < -0.4 is 11.0 Å². The SMILES string of the molecule is C=CC(=C\C=C\CC)/C(C=C)=C/N(CC(F)(F)F)C(=O)CNCN1CCC(n2c(=O)[nH]c3ncccc32)CC1. The molecular formula is C28H35F3N6O2. The fraction of sp³-hybridized carbons (Fsp3) is 0.393. The molecule has 2 N–H and O–H groups in total. The van der Waals surface area contributed by atoms with Crippen LogP contribution >= 0.6 is 0 Å². The molecule has 3 rings (SSSR count). The molecule has 0 aromatic carbocycles. The predicted molar refractivity (Wildman–Crippen MR) is 147 cm³/mol. The van der Waals surface area contributed by atoms with Crippen LogP contribution in [-0.4, -0.2) is 69.3 Å². The van der Waals surface area contributed by atoms with Gasteiger partial charge in [0.2, 0.25) is 5.91 Å². The van der Waals surface area contributed by atoms with Crippen LogP contribution in [0.25, 0.3) is 11.2 Å². The van der Waals surface area contributed by atoms with Gasteiger partial charge in [-0.2, -0.15) is 13.2 Å². The van der Waals surface area contributed by atoms with Crippen molar-refractivity contribution < 1.29 is 18.0 Å². The molecule has 1 amide bonds. The molecule has 11 heteroatoms. The van der Waals surface area contributed by atoms with Gasteiger partial charge in [-0.1, -0.05) is 50.5 Å². The molecule has 3 heterocycles. The van der Waals surface area contributed by atoms with Crippen molar-refractivity contribution in [1.82, 2.24) is 29.7 Å². The van der Waals surface area contributed by atoms with Crippen LogP contribution in [0.15, 0.2) is 84.0 Å². The summed E-state index contributed by atoms with van der Waals surface area (Å²) in [5.41, 5.74) is 2.02. The normalized spacial score (nSPS) is 16.2. The summed E-state index contributed by atoms with van der Waals surface area (Å²) < 4.78 is 41.6. The number of hydrogen-bond acceptors (Lipinski definition) is 5. The van der Waals surface area contributed by atoms with Crippen molar-refractivity contribution in [3.8, 4) is 0 Å². The molecule has 1 saturated heterocycles. The van der Waals surface area contributed by atoms with Crippen molar-refractivity contribution in [2.24, 2.45) is 0 Å². The Hall–Kier alpha value is -3.70. The minimum Gasteiger partial charge on any atom is -0.308 e. The highest BCUT2D eigenvalue weighted by molar-refractivity contribution is 5.79. The third-order valence-electron chi connectivity index (χ3n) is 6.41. The Bertz CT molecular complexity index is 1300. The maximum absolute atomic E-state index is 13.3. The summed E-state index contributed by atoms with van der Waals surface area (Å²) in [7, 11) is 0. The van der Waals surface area contributed by atoms with E-state index >= 15 is 0 Å². The lowest BCUT2D eigenvalue weighted by Crippen LogP contribution is -2.45. The molecule has 2 aromatic rings. The monoisotopic (exact) mass is 544 g/mol. The Morgan fingerprint density at radius 2 is 1.97 bits per heavy atom. The molecule has 0 radical (unpaired) electrons. The number of aromatic amines is 1. The summed E-state index contributed by atoms with van der Waals surface area (Å²) >= 11 is 0. The Labute approximate surface area is 225 Å². The molecule has 0 saturated carbocycles. The number of carbonyl (C=O) groups is 1. The summed E-state index contributed by atoms with van der Waals surface area (Å²) in [6.45, 7) is 9.34. The second-order valence-electron chi connectivity index (χ2n) is 9.19. The number of imidazole rings is 1. The molecule has 1 aliphatic rings. The van der Waals surface area contributed by atoms with Crippen molar-refractivity contribution >= 4 is 17.1 Å². The molecule has 0 bridgehead atoms. The zero-order chi connectivity index (χ0) is 28.4. The van der Waals surface area contributed by atoms with Crippen LogP contribution in [0.1, 0.15) is 32.2 Å². The predicted octanol–water partition coefficient (Wildman–Crippen LogP) is 4.45. The molecule has 0 unspecified atom stereocenters. The summed E-state index contributed by atoms with van der Waals surface area (Å²) in [5.74, 6) is -0.716. The quantitative estimate of drug-likeness (QED) is 0.386. The van der Waals surface area contributed by atoms with E-state index in [1.807, 2.05) is 19.1 Å². The average Bonchev–Trinajstić information content (AvgIpc) is 3.24. The number of allylic oxidation sites excluding steroid dienone is 7. The minimum atomic E-state index is -4.57. The highest BCUT2D eigenvalue weighted by Gasteiger charge is 2.32. The molecule has 0 aliphatic carbocycles. The zero-order valence-electron chi connectivity index (χ0n) is 22.1. The maximum Gasteiger partial charge on any atom is 0.406 e. The van der Waals surface area contributed by atoms with E-state index < -0.39 is 18.6 Å². The number of alkyl halides is 3. The van der Waals surface area contributed by atoms with Crippen molar-refractivity contribution in [2.45, 2.75) is 38.4 Å². The van der Waals surface area contributed by atoms with E-state index in [0.29, 0.717) is 54.3 Å². The first-order valence-corrected chi connectivity index (χ1v) is 12.8. The number of nitrogens with one attached hydrogen (secondary N) is 2. The van der Waals surface area contributed by atoms with Crippen LogP contribution in [0.5, 0.6) is 0 Å². The molecule has 8 nitrogen and oxygen atoms in total. The number of likely N-dealkylation sites (tertiary alicyclic amines) is 1. The number of rotatable bonds is 12. The van der Waals surface area contributed by atoms with Crippen molar-refractivity contribution in [3.63, 3.8) is 0 Å². The second-order valence-corrected chi connectivity index (χ2v) is 9.19. The van der Waals surface area contributed by atoms with Gasteiger partial charge in [-0.25, -0.2) is 9.78 Å². The molecule has 0 spiro atoms. The van der Waals surface area contributed by atoms with E-state index in [-0.39, 0.29) is 18.3 Å². The third kappa shape index (κ3) is 8.39. The number of H-pyrrole nitrogens is 1. The van der Waals surface area contributed by atoms with E-state index in [2.05, 4.69) is 33.3 Å². The Kier molecular flexibility index (Phi) is 10.6.